The zero-order chi connectivity index (χ0) is 12.7. The quantitative estimate of drug-likeness (QED) is 0.747. The molecule has 1 rings (SSSR count). The molecule has 0 radical (unpaired) electrons. The fourth-order valence-electron chi connectivity index (χ4n) is 2.62. The second-order valence-corrected chi connectivity index (χ2v) is 5.66. The molecular weight excluding hydrogens is 212 g/mol. The summed E-state index contributed by atoms with van der Waals surface area (Å²) in [6.07, 6.45) is 6.63. The predicted octanol–water partition coefficient (Wildman–Crippen LogP) is 2.17. The normalized spacial score (nSPS) is 19.3. The summed E-state index contributed by atoms with van der Waals surface area (Å²) in [4.78, 5) is 12.1. The Hall–Kier alpha value is -0.570. The van der Waals surface area contributed by atoms with Crippen LogP contribution in [0, 0.1) is 17.8 Å². The van der Waals surface area contributed by atoms with Gasteiger partial charge in [-0.05, 0) is 31.7 Å². The van der Waals surface area contributed by atoms with E-state index in [-0.39, 0.29) is 11.8 Å². The molecular formula is C14H28N2O. The first-order chi connectivity index (χ1) is 8.15. The highest BCUT2D eigenvalue weighted by Crippen LogP contribution is 2.23. The van der Waals surface area contributed by atoms with E-state index in [0.717, 1.165) is 19.0 Å². The van der Waals surface area contributed by atoms with Crippen molar-refractivity contribution >= 4 is 5.91 Å². The Kier molecular flexibility index (Phi) is 6.56. The molecule has 3 heteroatoms. The van der Waals surface area contributed by atoms with Gasteiger partial charge in [-0.25, -0.2) is 0 Å². The molecule has 0 aromatic carbocycles. The minimum atomic E-state index is 0.101. The molecule has 0 aromatic heterocycles. The second-order valence-electron chi connectivity index (χ2n) is 5.66. The topological polar surface area (TPSA) is 41.1 Å². The predicted molar refractivity (Wildman–Crippen MR) is 71.8 cm³/mol. The van der Waals surface area contributed by atoms with E-state index in [1.165, 1.54) is 32.1 Å². The fourth-order valence-corrected chi connectivity index (χ4v) is 2.62. The first-order valence-corrected chi connectivity index (χ1v) is 7.07. The standard InChI is InChI=1S/C14H28N2O/c1-11(2)13(10-15-3)14(17)16-9-12-7-5-4-6-8-12/h11-13,15H,4-10H2,1-3H3,(H,16,17). The maximum absolute atomic E-state index is 12.1. The van der Waals surface area contributed by atoms with Gasteiger partial charge in [-0.2, -0.15) is 0 Å². The van der Waals surface area contributed by atoms with Crippen molar-refractivity contribution in [1.29, 1.82) is 0 Å². The Labute approximate surface area is 106 Å². The monoisotopic (exact) mass is 240 g/mol. The van der Waals surface area contributed by atoms with Crippen LogP contribution in [-0.2, 0) is 4.79 Å². The molecule has 2 N–H and O–H groups in total. The fraction of sp³-hybridized carbons (Fsp3) is 0.929. The molecule has 0 aromatic rings. The van der Waals surface area contributed by atoms with E-state index in [2.05, 4.69) is 24.5 Å². The van der Waals surface area contributed by atoms with Crippen LogP contribution >= 0.6 is 0 Å². The van der Waals surface area contributed by atoms with E-state index in [1.807, 2.05) is 7.05 Å². The van der Waals surface area contributed by atoms with E-state index < -0.39 is 0 Å². The SMILES string of the molecule is CNCC(C(=O)NCC1CCCCC1)C(C)C. The van der Waals surface area contributed by atoms with Crippen LogP contribution in [0.15, 0.2) is 0 Å². The van der Waals surface area contributed by atoms with Gasteiger partial charge < -0.3 is 10.6 Å². The Balaban J connectivity index is 2.30. The highest BCUT2D eigenvalue weighted by molar-refractivity contribution is 5.79. The van der Waals surface area contributed by atoms with Gasteiger partial charge in [0.25, 0.3) is 0 Å². The maximum atomic E-state index is 12.1. The molecule has 1 saturated carbocycles. The molecule has 0 spiro atoms. The van der Waals surface area contributed by atoms with Crippen molar-refractivity contribution in [2.75, 3.05) is 20.1 Å². The molecule has 0 heterocycles. The first-order valence-electron chi connectivity index (χ1n) is 7.07. The average molecular weight is 240 g/mol. The Morgan fingerprint density at radius 3 is 2.41 bits per heavy atom. The third kappa shape index (κ3) is 5.07. The van der Waals surface area contributed by atoms with E-state index in [0.29, 0.717) is 5.92 Å². The second kappa shape index (κ2) is 7.70. The van der Waals surface area contributed by atoms with Gasteiger partial charge in [0.1, 0.15) is 0 Å². The summed E-state index contributed by atoms with van der Waals surface area (Å²) in [7, 11) is 1.91. The number of nitrogens with one attached hydrogen (secondary N) is 2. The van der Waals surface area contributed by atoms with Crippen LogP contribution in [-0.4, -0.2) is 26.0 Å². The number of hydrogen-bond donors (Lipinski definition) is 2. The number of carbonyl (C=O) groups excluding carboxylic acids is 1. The number of carbonyl (C=O) groups is 1. The Bertz CT molecular complexity index is 222. The van der Waals surface area contributed by atoms with Crippen molar-refractivity contribution in [2.45, 2.75) is 46.0 Å². The third-order valence-corrected chi connectivity index (χ3v) is 3.86. The summed E-state index contributed by atoms with van der Waals surface area (Å²) in [5, 5.41) is 6.25. The van der Waals surface area contributed by atoms with Crippen LogP contribution in [0.25, 0.3) is 0 Å². The van der Waals surface area contributed by atoms with E-state index in [4.69, 9.17) is 0 Å². The van der Waals surface area contributed by atoms with E-state index in [1.54, 1.807) is 0 Å². The first kappa shape index (κ1) is 14.5. The molecule has 0 bridgehead atoms. The van der Waals surface area contributed by atoms with Crippen molar-refractivity contribution < 1.29 is 4.79 Å². The van der Waals surface area contributed by atoms with Crippen LogP contribution in [0.2, 0.25) is 0 Å². The summed E-state index contributed by atoms with van der Waals surface area (Å²) in [5.74, 6) is 1.44. The zero-order valence-electron chi connectivity index (χ0n) is 11.6. The van der Waals surface area contributed by atoms with Crippen molar-refractivity contribution in [3.8, 4) is 0 Å². The van der Waals surface area contributed by atoms with Gasteiger partial charge >= 0.3 is 0 Å². The van der Waals surface area contributed by atoms with Crippen LogP contribution < -0.4 is 10.6 Å². The summed E-state index contributed by atoms with van der Waals surface area (Å²) in [6, 6.07) is 0. The van der Waals surface area contributed by atoms with Crippen molar-refractivity contribution in [3.05, 3.63) is 0 Å². The molecule has 1 atom stereocenters. The lowest BCUT2D eigenvalue weighted by molar-refractivity contribution is -0.126. The van der Waals surface area contributed by atoms with Crippen LogP contribution in [0.4, 0.5) is 0 Å². The van der Waals surface area contributed by atoms with Crippen molar-refractivity contribution in [1.82, 2.24) is 10.6 Å². The lowest BCUT2D eigenvalue weighted by Gasteiger charge is -2.24. The number of amides is 1. The molecule has 1 fully saturated rings. The summed E-state index contributed by atoms with van der Waals surface area (Å²) < 4.78 is 0. The minimum Gasteiger partial charge on any atom is -0.356 e. The Morgan fingerprint density at radius 2 is 1.88 bits per heavy atom. The van der Waals surface area contributed by atoms with Gasteiger partial charge in [0.15, 0.2) is 0 Å². The van der Waals surface area contributed by atoms with Crippen molar-refractivity contribution in [2.24, 2.45) is 17.8 Å². The maximum Gasteiger partial charge on any atom is 0.224 e. The minimum absolute atomic E-state index is 0.101. The molecule has 17 heavy (non-hydrogen) atoms. The molecule has 0 saturated heterocycles. The van der Waals surface area contributed by atoms with Gasteiger partial charge in [0.2, 0.25) is 5.91 Å². The van der Waals surface area contributed by atoms with E-state index >= 15 is 0 Å². The average Bonchev–Trinajstić information content (AvgIpc) is 2.34. The van der Waals surface area contributed by atoms with Gasteiger partial charge in [-0.3, -0.25) is 4.79 Å². The summed E-state index contributed by atoms with van der Waals surface area (Å²) in [5.41, 5.74) is 0. The molecule has 3 nitrogen and oxygen atoms in total. The van der Waals surface area contributed by atoms with Crippen LogP contribution in [0.3, 0.4) is 0 Å². The van der Waals surface area contributed by atoms with Crippen LogP contribution in [0.1, 0.15) is 46.0 Å². The molecule has 1 amide bonds. The van der Waals surface area contributed by atoms with Gasteiger partial charge in [0.05, 0.1) is 5.92 Å². The summed E-state index contributed by atoms with van der Waals surface area (Å²) in [6.45, 7) is 5.88. The van der Waals surface area contributed by atoms with Gasteiger partial charge in [-0.15, -0.1) is 0 Å². The highest BCUT2D eigenvalue weighted by atomic mass is 16.1. The highest BCUT2D eigenvalue weighted by Gasteiger charge is 2.22. The lowest BCUT2D eigenvalue weighted by Crippen LogP contribution is -2.41. The van der Waals surface area contributed by atoms with Gasteiger partial charge in [-0.1, -0.05) is 33.1 Å². The smallest absolute Gasteiger partial charge is 0.224 e. The van der Waals surface area contributed by atoms with Crippen molar-refractivity contribution in [3.63, 3.8) is 0 Å². The van der Waals surface area contributed by atoms with Crippen LogP contribution in [0.5, 0.6) is 0 Å². The zero-order valence-corrected chi connectivity index (χ0v) is 11.6. The van der Waals surface area contributed by atoms with E-state index in [9.17, 15) is 4.79 Å². The third-order valence-electron chi connectivity index (χ3n) is 3.86. The molecule has 1 unspecified atom stereocenters. The molecule has 1 aliphatic carbocycles. The molecule has 100 valence electrons. The number of hydrogen-bond acceptors (Lipinski definition) is 2. The number of rotatable bonds is 6. The Morgan fingerprint density at radius 1 is 1.24 bits per heavy atom. The molecule has 1 aliphatic rings. The lowest BCUT2D eigenvalue weighted by atomic mass is 9.89. The largest absolute Gasteiger partial charge is 0.356 e. The molecule has 0 aliphatic heterocycles. The van der Waals surface area contributed by atoms with Gasteiger partial charge in [0, 0.05) is 13.1 Å². The summed E-state index contributed by atoms with van der Waals surface area (Å²) >= 11 is 0.